The Hall–Kier alpha value is -1.73. The van der Waals surface area contributed by atoms with Gasteiger partial charge in [-0.2, -0.15) is 0 Å². The van der Waals surface area contributed by atoms with E-state index < -0.39 is 5.60 Å². The van der Waals surface area contributed by atoms with Gasteiger partial charge in [0.25, 0.3) is 5.56 Å². The number of carbonyl (C=O) groups excluding carboxylic acids is 1. The van der Waals surface area contributed by atoms with Crippen LogP contribution in [-0.4, -0.2) is 32.7 Å². The molecule has 0 bridgehead atoms. The van der Waals surface area contributed by atoms with E-state index >= 15 is 0 Å². The first-order valence-electron chi connectivity index (χ1n) is 7.41. The molecule has 0 radical (unpaired) electrons. The van der Waals surface area contributed by atoms with Crippen molar-refractivity contribution in [3.05, 3.63) is 28.1 Å². The van der Waals surface area contributed by atoms with Crippen LogP contribution in [0.1, 0.15) is 33.1 Å². The van der Waals surface area contributed by atoms with Crippen LogP contribution in [0.3, 0.4) is 0 Å². The molecule has 0 aliphatic rings. The molecular weight excluding hydrogens is 302 g/mol. The summed E-state index contributed by atoms with van der Waals surface area (Å²) in [5.74, 6) is -0.183. The molecule has 7 heteroatoms. The second-order valence-corrected chi connectivity index (χ2v) is 6.24. The molecule has 22 heavy (non-hydrogen) atoms. The average Bonchev–Trinajstić information content (AvgIpc) is 3.01. The summed E-state index contributed by atoms with van der Waals surface area (Å²) in [6, 6.07) is 1.74. The zero-order chi connectivity index (χ0) is 16.2. The predicted octanol–water partition coefficient (Wildman–Crippen LogP) is 1.52. The molecule has 0 spiro atoms. The molecule has 2 N–H and O–H groups in total. The van der Waals surface area contributed by atoms with Crippen LogP contribution in [0.2, 0.25) is 0 Å². The Morgan fingerprint density at radius 2 is 2.18 bits per heavy atom. The molecule has 2 aromatic heterocycles. The average molecular weight is 323 g/mol. The molecule has 0 fully saturated rings. The second kappa shape index (κ2) is 7.02. The lowest BCUT2D eigenvalue weighted by atomic mass is 9.97. The fraction of sp³-hybridized carbons (Fsp3) is 0.533. The Kier molecular flexibility index (Phi) is 5.31. The minimum Gasteiger partial charge on any atom is -0.388 e. The Bertz CT molecular complexity index is 703. The van der Waals surface area contributed by atoms with E-state index in [1.165, 1.54) is 22.2 Å². The van der Waals surface area contributed by atoms with Crippen LogP contribution in [0.4, 0.5) is 0 Å². The molecule has 0 saturated carbocycles. The Labute approximate surface area is 132 Å². The summed E-state index contributed by atoms with van der Waals surface area (Å²) in [5, 5.41) is 15.3. The van der Waals surface area contributed by atoms with E-state index in [4.69, 9.17) is 0 Å². The van der Waals surface area contributed by atoms with Gasteiger partial charge in [0.2, 0.25) is 5.91 Å². The largest absolute Gasteiger partial charge is 0.388 e. The fourth-order valence-corrected chi connectivity index (χ4v) is 2.85. The van der Waals surface area contributed by atoms with Crippen molar-refractivity contribution >= 4 is 27.5 Å². The molecule has 0 saturated heterocycles. The standard InChI is InChI=1S/C15H21N3O3S/c1-3-15(21,4-2)9-16-12(19)5-7-18-10-17-13-11(14(18)20)6-8-22-13/h6,8,10,21H,3-5,7,9H2,1-2H3,(H,16,19). The quantitative estimate of drug-likeness (QED) is 0.809. The van der Waals surface area contributed by atoms with Gasteiger partial charge in [-0.15, -0.1) is 11.3 Å². The summed E-state index contributed by atoms with van der Waals surface area (Å²) in [6.45, 7) is 4.28. The summed E-state index contributed by atoms with van der Waals surface area (Å²) in [5.41, 5.74) is -0.985. The van der Waals surface area contributed by atoms with Crippen molar-refractivity contribution < 1.29 is 9.90 Å². The van der Waals surface area contributed by atoms with Crippen molar-refractivity contribution in [2.24, 2.45) is 0 Å². The predicted molar refractivity (Wildman–Crippen MR) is 87.0 cm³/mol. The highest BCUT2D eigenvalue weighted by molar-refractivity contribution is 7.16. The number of carbonyl (C=O) groups is 1. The van der Waals surface area contributed by atoms with Gasteiger partial charge in [0.1, 0.15) is 4.83 Å². The maximum atomic E-state index is 12.2. The number of hydrogen-bond acceptors (Lipinski definition) is 5. The van der Waals surface area contributed by atoms with E-state index in [0.29, 0.717) is 23.1 Å². The molecular formula is C15H21N3O3S. The van der Waals surface area contributed by atoms with Gasteiger partial charge in [-0.3, -0.25) is 14.2 Å². The molecule has 120 valence electrons. The fourth-order valence-electron chi connectivity index (χ4n) is 2.13. The Morgan fingerprint density at radius 3 is 2.86 bits per heavy atom. The number of fused-ring (bicyclic) bond motifs is 1. The van der Waals surface area contributed by atoms with Gasteiger partial charge < -0.3 is 10.4 Å². The summed E-state index contributed by atoms with van der Waals surface area (Å²) in [7, 11) is 0. The lowest BCUT2D eigenvalue weighted by Gasteiger charge is -2.25. The monoisotopic (exact) mass is 323 g/mol. The van der Waals surface area contributed by atoms with Crippen LogP contribution in [0.5, 0.6) is 0 Å². The third-order valence-electron chi connectivity index (χ3n) is 3.96. The summed E-state index contributed by atoms with van der Waals surface area (Å²) < 4.78 is 1.44. The molecule has 0 unspecified atom stereocenters. The third-order valence-corrected chi connectivity index (χ3v) is 4.78. The number of nitrogens with one attached hydrogen (secondary N) is 1. The third kappa shape index (κ3) is 3.72. The molecule has 2 rings (SSSR count). The number of thiophene rings is 1. The van der Waals surface area contributed by atoms with Crippen molar-refractivity contribution in [3.63, 3.8) is 0 Å². The SMILES string of the molecule is CCC(O)(CC)CNC(=O)CCn1cnc2sccc2c1=O. The number of nitrogens with zero attached hydrogens (tertiary/aromatic N) is 2. The van der Waals surface area contributed by atoms with E-state index in [1.54, 1.807) is 6.07 Å². The zero-order valence-electron chi connectivity index (χ0n) is 12.8. The molecule has 0 aromatic carbocycles. The Balaban J connectivity index is 1.93. The molecule has 2 aromatic rings. The van der Waals surface area contributed by atoms with Crippen LogP contribution in [0, 0.1) is 0 Å². The van der Waals surface area contributed by atoms with Gasteiger partial charge in [-0.1, -0.05) is 13.8 Å². The molecule has 1 amide bonds. The normalized spacial score (nSPS) is 11.8. The van der Waals surface area contributed by atoms with Crippen LogP contribution in [-0.2, 0) is 11.3 Å². The van der Waals surface area contributed by atoms with Crippen molar-refractivity contribution in [3.8, 4) is 0 Å². The second-order valence-electron chi connectivity index (χ2n) is 5.34. The lowest BCUT2D eigenvalue weighted by molar-refractivity contribution is -0.122. The lowest BCUT2D eigenvalue weighted by Crippen LogP contribution is -2.42. The van der Waals surface area contributed by atoms with E-state index in [0.717, 1.165) is 0 Å². The summed E-state index contributed by atoms with van der Waals surface area (Å²) in [4.78, 5) is 28.9. The van der Waals surface area contributed by atoms with Gasteiger partial charge in [-0.05, 0) is 24.3 Å². The number of aryl methyl sites for hydroxylation is 1. The molecule has 6 nitrogen and oxygen atoms in total. The molecule has 0 atom stereocenters. The zero-order valence-corrected chi connectivity index (χ0v) is 13.7. The summed E-state index contributed by atoms with van der Waals surface area (Å²) >= 11 is 1.42. The minimum absolute atomic E-state index is 0.127. The van der Waals surface area contributed by atoms with Gasteiger partial charge >= 0.3 is 0 Å². The van der Waals surface area contributed by atoms with Crippen molar-refractivity contribution in [1.82, 2.24) is 14.9 Å². The van der Waals surface area contributed by atoms with Gasteiger partial charge in [0, 0.05) is 19.5 Å². The number of aromatic nitrogens is 2. The highest BCUT2D eigenvalue weighted by atomic mass is 32.1. The topological polar surface area (TPSA) is 84.2 Å². The van der Waals surface area contributed by atoms with Gasteiger partial charge in [0.05, 0.1) is 17.3 Å². The number of rotatable bonds is 7. The van der Waals surface area contributed by atoms with Crippen LogP contribution in [0.25, 0.3) is 10.2 Å². The first-order chi connectivity index (χ1) is 10.5. The molecule has 2 heterocycles. The number of aliphatic hydroxyl groups is 1. The first kappa shape index (κ1) is 16.6. The van der Waals surface area contributed by atoms with Crippen molar-refractivity contribution in [2.45, 2.75) is 45.3 Å². The van der Waals surface area contributed by atoms with Gasteiger partial charge in [0.15, 0.2) is 0 Å². The van der Waals surface area contributed by atoms with E-state index in [-0.39, 0.29) is 31.0 Å². The number of amides is 1. The van der Waals surface area contributed by atoms with Crippen LogP contribution >= 0.6 is 11.3 Å². The maximum Gasteiger partial charge on any atom is 0.262 e. The van der Waals surface area contributed by atoms with Crippen molar-refractivity contribution in [2.75, 3.05) is 6.54 Å². The highest BCUT2D eigenvalue weighted by Crippen LogP contribution is 2.14. The highest BCUT2D eigenvalue weighted by Gasteiger charge is 2.22. The summed E-state index contributed by atoms with van der Waals surface area (Å²) in [6.07, 6.45) is 2.83. The van der Waals surface area contributed by atoms with Crippen LogP contribution in [0.15, 0.2) is 22.6 Å². The van der Waals surface area contributed by atoms with E-state index in [1.807, 2.05) is 19.2 Å². The first-order valence-corrected chi connectivity index (χ1v) is 8.29. The van der Waals surface area contributed by atoms with Crippen molar-refractivity contribution in [1.29, 1.82) is 0 Å². The minimum atomic E-state index is -0.857. The Morgan fingerprint density at radius 1 is 1.45 bits per heavy atom. The van der Waals surface area contributed by atoms with E-state index in [2.05, 4.69) is 10.3 Å². The maximum absolute atomic E-state index is 12.2. The smallest absolute Gasteiger partial charge is 0.262 e. The molecule has 0 aliphatic heterocycles. The number of hydrogen-bond donors (Lipinski definition) is 2. The van der Waals surface area contributed by atoms with Crippen LogP contribution < -0.4 is 10.9 Å². The molecule has 0 aliphatic carbocycles. The van der Waals surface area contributed by atoms with Gasteiger partial charge in [-0.25, -0.2) is 4.98 Å². The van der Waals surface area contributed by atoms with E-state index in [9.17, 15) is 14.7 Å².